The molecule has 7 heteroatoms. The van der Waals surface area contributed by atoms with Gasteiger partial charge in [-0.15, -0.1) is 0 Å². The normalized spacial score (nSPS) is 10.8. The molecule has 4 nitrogen and oxygen atoms in total. The second-order valence-corrected chi connectivity index (χ2v) is 5.21. The largest absolute Gasteiger partial charge is 0.420 e. The molecule has 0 unspecified atom stereocenters. The van der Waals surface area contributed by atoms with Gasteiger partial charge < -0.3 is 14.2 Å². The molecule has 1 aromatic carbocycles. The summed E-state index contributed by atoms with van der Waals surface area (Å²) in [6, 6.07) is 0.902. The Labute approximate surface area is 139 Å². The molecule has 0 bridgehead atoms. The number of carbonyl (C=O) groups excluding carboxylic acids is 1. The van der Waals surface area contributed by atoms with E-state index in [1.165, 1.54) is 0 Å². The van der Waals surface area contributed by atoms with Gasteiger partial charge in [-0.05, 0) is 25.7 Å². The van der Waals surface area contributed by atoms with Gasteiger partial charge in [0.1, 0.15) is 5.82 Å². The minimum absolute atomic E-state index is 0.0929. The van der Waals surface area contributed by atoms with Crippen LogP contribution >= 0.6 is 0 Å². The van der Waals surface area contributed by atoms with Gasteiger partial charge in [0.05, 0.1) is 13.0 Å². The lowest BCUT2D eigenvalue weighted by molar-refractivity contribution is -0.136. The number of esters is 1. The van der Waals surface area contributed by atoms with E-state index in [1.807, 2.05) is 0 Å². The summed E-state index contributed by atoms with van der Waals surface area (Å²) in [7, 11) is 0. The third-order valence-corrected chi connectivity index (χ3v) is 3.06. The van der Waals surface area contributed by atoms with E-state index in [-0.39, 0.29) is 13.0 Å². The van der Waals surface area contributed by atoms with Crippen molar-refractivity contribution in [2.45, 2.75) is 39.0 Å². The number of ether oxygens (including phenoxy) is 3. The SMILES string of the molecule is CCCOCCCCCOCCC(=O)Oc1c(F)cc(F)cc1F. The first kappa shape index (κ1) is 20.4. The summed E-state index contributed by atoms with van der Waals surface area (Å²) in [5.74, 6) is -5.33. The van der Waals surface area contributed by atoms with Crippen molar-refractivity contribution < 1.29 is 32.2 Å². The molecule has 0 amide bonds. The first-order valence-corrected chi connectivity index (χ1v) is 8.05. The predicted molar refractivity (Wildman–Crippen MR) is 82.3 cm³/mol. The first-order valence-electron chi connectivity index (χ1n) is 8.05. The minimum Gasteiger partial charge on any atom is -0.420 e. The van der Waals surface area contributed by atoms with Gasteiger partial charge >= 0.3 is 5.97 Å². The molecule has 0 aromatic heterocycles. The maximum atomic E-state index is 13.3. The Hall–Kier alpha value is -1.60. The van der Waals surface area contributed by atoms with Crippen molar-refractivity contribution in [3.63, 3.8) is 0 Å². The molecule has 1 rings (SSSR count). The minimum atomic E-state index is -1.26. The van der Waals surface area contributed by atoms with Crippen molar-refractivity contribution >= 4 is 5.97 Å². The Morgan fingerprint density at radius 3 is 2.08 bits per heavy atom. The van der Waals surface area contributed by atoms with Gasteiger partial charge in [0.2, 0.25) is 5.75 Å². The molecule has 136 valence electrons. The molecule has 0 saturated heterocycles. The second kappa shape index (κ2) is 11.9. The van der Waals surface area contributed by atoms with Crippen molar-refractivity contribution in [2.24, 2.45) is 0 Å². The molecule has 0 N–H and O–H groups in total. The Kier molecular flexibility index (Phi) is 10.1. The Bertz CT molecular complexity index is 486. The third-order valence-electron chi connectivity index (χ3n) is 3.06. The lowest BCUT2D eigenvalue weighted by atomic mass is 10.2. The monoisotopic (exact) mass is 348 g/mol. The molecular weight excluding hydrogens is 325 g/mol. The van der Waals surface area contributed by atoms with Gasteiger partial charge in [0.15, 0.2) is 11.6 Å². The quantitative estimate of drug-likeness (QED) is 0.325. The van der Waals surface area contributed by atoms with Crippen LogP contribution < -0.4 is 4.74 Å². The summed E-state index contributed by atoms with van der Waals surface area (Å²) in [5, 5.41) is 0. The number of unbranched alkanes of at least 4 members (excludes halogenated alkanes) is 2. The highest BCUT2D eigenvalue weighted by Crippen LogP contribution is 2.23. The zero-order valence-corrected chi connectivity index (χ0v) is 13.8. The fraction of sp³-hybridized carbons (Fsp3) is 0.588. The summed E-state index contributed by atoms with van der Waals surface area (Å²) < 4.78 is 54.5. The molecular formula is C17H23F3O4. The van der Waals surface area contributed by atoms with E-state index in [4.69, 9.17) is 9.47 Å². The Balaban J connectivity index is 2.11. The van der Waals surface area contributed by atoms with Crippen LogP contribution in [0.25, 0.3) is 0 Å². The summed E-state index contributed by atoms with van der Waals surface area (Å²) in [5.41, 5.74) is 0. The number of benzene rings is 1. The molecule has 0 heterocycles. The van der Waals surface area contributed by atoms with Crippen molar-refractivity contribution in [3.8, 4) is 5.75 Å². The molecule has 0 aliphatic rings. The van der Waals surface area contributed by atoms with Crippen LogP contribution in [-0.2, 0) is 14.3 Å². The molecule has 0 aliphatic carbocycles. The van der Waals surface area contributed by atoms with E-state index >= 15 is 0 Å². The lowest BCUT2D eigenvalue weighted by Crippen LogP contribution is -2.13. The maximum absolute atomic E-state index is 13.3. The highest BCUT2D eigenvalue weighted by molar-refractivity contribution is 5.72. The maximum Gasteiger partial charge on any atom is 0.313 e. The molecule has 0 saturated carbocycles. The summed E-state index contributed by atoms with van der Waals surface area (Å²) >= 11 is 0. The van der Waals surface area contributed by atoms with E-state index in [1.54, 1.807) is 0 Å². The van der Waals surface area contributed by atoms with Gasteiger partial charge in [-0.25, -0.2) is 13.2 Å². The number of hydrogen-bond donors (Lipinski definition) is 0. The summed E-state index contributed by atoms with van der Waals surface area (Å²) in [4.78, 5) is 11.5. The highest BCUT2D eigenvalue weighted by atomic mass is 19.1. The molecule has 0 spiro atoms. The van der Waals surface area contributed by atoms with Crippen molar-refractivity contribution in [2.75, 3.05) is 26.4 Å². The molecule has 0 atom stereocenters. The number of rotatable bonds is 12. The van der Waals surface area contributed by atoms with E-state index in [0.717, 1.165) is 38.9 Å². The van der Waals surface area contributed by atoms with Crippen LogP contribution in [0.2, 0.25) is 0 Å². The predicted octanol–water partition coefficient (Wildman–Crippen LogP) is 4.01. The topological polar surface area (TPSA) is 44.8 Å². The number of carbonyl (C=O) groups is 1. The smallest absolute Gasteiger partial charge is 0.313 e. The van der Waals surface area contributed by atoms with E-state index in [9.17, 15) is 18.0 Å². The molecule has 0 fully saturated rings. The molecule has 24 heavy (non-hydrogen) atoms. The van der Waals surface area contributed by atoms with E-state index in [2.05, 4.69) is 11.7 Å². The Morgan fingerprint density at radius 2 is 1.50 bits per heavy atom. The average Bonchev–Trinajstić information content (AvgIpc) is 2.52. The van der Waals surface area contributed by atoms with Gasteiger partial charge in [-0.1, -0.05) is 6.92 Å². The zero-order valence-electron chi connectivity index (χ0n) is 13.8. The standard InChI is InChI=1S/C17H23F3O4/c1-2-7-22-8-4-3-5-9-23-10-6-16(21)24-17-14(19)11-13(18)12-15(17)20/h11-12H,2-10H2,1H3. The van der Waals surface area contributed by atoms with Crippen molar-refractivity contribution in [3.05, 3.63) is 29.6 Å². The zero-order chi connectivity index (χ0) is 17.8. The van der Waals surface area contributed by atoms with Crippen LogP contribution in [0.5, 0.6) is 5.75 Å². The van der Waals surface area contributed by atoms with Gasteiger partial charge in [-0.3, -0.25) is 4.79 Å². The average molecular weight is 348 g/mol. The molecule has 0 radical (unpaired) electrons. The first-order chi connectivity index (χ1) is 11.5. The van der Waals surface area contributed by atoms with E-state index in [0.29, 0.717) is 18.7 Å². The molecule has 0 aliphatic heterocycles. The van der Waals surface area contributed by atoms with Crippen LogP contribution in [0.4, 0.5) is 13.2 Å². The van der Waals surface area contributed by atoms with Crippen LogP contribution in [-0.4, -0.2) is 32.4 Å². The fourth-order valence-electron chi connectivity index (χ4n) is 1.88. The van der Waals surface area contributed by atoms with Gasteiger partial charge in [-0.2, -0.15) is 0 Å². The Morgan fingerprint density at radius 1 is 0.917 bits per heavy atom. The second-order valence-electron chi connectivity index (χ2n) is 5.21. The third kappa shape index (κ3) is 8.31. The highest BCUT2D eigenvalue weighted by Gasteiger charge is 2.16. The number of halogens is 3. The number of hydrogen-bond acceptors (Lipinski definition) is 4. The van der Waals surface area contributed by atoms with Crippen molar-refractivity contribution in [1.29, 1.82) is 0 Å². The van der Waals surface area contributed by atoms with E-state index < -0.39 is 29.2 Å². The molecule has 1 aromatic rings. The van der Waals surface area contributed by atoms with Gasteiger partial charge in [0.25, 0.3) is 0 Å². The summed E-state index contributed by atoms with van der Waals surface area (Å²) in [6.07, 6.45) is 3.61. The van der Waals surface area contributed by atoms with Gasteiger partial charge in [0, 0.05) is 32.0 Å². The van der Waals surface area contributed by atoms with Crippen LogP contribution in [0.1, 0.15) is 39.0 Å². The fourth-order valence-corrected chi connectivity index (χ4v) is 1.88. The van der Waals surface area contributed by atoms with Crippen LogP contribution in [0.3, 0.4) is 0 Å². The van der Waals surface area contributed by atoms with Crippen molar-refractivity contribution in [1.82, 2.24) is 0 Å². The summed E-state index contributed by atoms with van der Waals surface area (Å²) in [6.45, 7) is 4.14. The van der Waals surface area contributed by atoms with Crippen LogP contribution in [0, 0.1) is 17.5 Å². The van der Waals surface area contributed by atoms with Crippen LogP contribution in [0.15, 0.2) is 12.1 Å². The lowest BCUT2D eigenvalue weighted by Gasteiger charge is -2.07.